The molecule has 0 saturated heterocycles. The van der Waals surface area contributed by atoms with Crippen LogP contribution in [0.3, 0.4) is 0 Å². The summed E-state index contributed by atoms with van der Waals surface area (Å²) >= 11 is 0. The Bertz CT molecular complexity index is 257. The van der Waals surface area contributed by atoms with Crippen LogP contribution in [0.2, 0.25) is 0 Å². The Kier molecular flexibility index (Phi) is 6.19. The van der Waals surface area contributed by atoms with E-state index in [9.17, 15) is 0 Å². The van der Waals surface area contributed by atoms with Crippen molar-refractivity contribution in [2.75, 3.05) is 13.2 Å². The molecule has 1 rings (SSSR count). The first-order valence-corrected chi connectivity index (χ1v) is 6.18. The van der Waals surface area contributed by atoms with Crippen molar-refractivity contribution in [3.8, 4) is 0 Å². The van der Waals surface area contributed by atoms with Crippen molar-refractivity contribution in [3.63, 3.8) is 0 Å². The van der Waals surface area contributed by atoms with Crippen LogP contribution in [0.25, 0.3) is 0 Å². The van der Waals surface area contributed by atoms with Crippen LogP contribution in [-0.2, 0) is 11.3 Å². The molecular weight excluding hydrogens is 200 g/mol. The van der Waals surface area contributed by atoms with Crippen LogP contribution in [0.5, 0.6) is 0 Å². The normalized spacial score (nSPS) is 13.2. The van der Waals surface area contributed by atoms with Gasteiger partial charge in [-0.1, -0.05) is 13.8 Å². The van der Waals surface area contributed by atoms with E-state index in [0.29, 0.717) is 12.0 Å². The SMILES string of the molecule is CCOC(CCNCc1cc[nH]c1)C(C)C. The van der Waals surface area contributed by atoms with Gasteiger partial charge < -0.3 is 15.0 Å². The summed E-state index contributed by atoms with van der Waals surface area (Å²) in [7, 11) is 0. The molecule has 0 amide bonds. The summed E-state index contributed by atoms with van der Waals surface area (Å²) in [5, 5.41) is 3.43. The summed E-state index contributed by atoms with van der Waals surface area (Å²) in [4.78, 5) is 3.05. The molecule has 1 atom stereocenters. The van der Waals surface area contributed by atoms with Gasteiger partial charge in [0.15, 0.2) is 0 Å². The highest BCUT2D eigenvalue weighted by atomic mass is 16.5. The van der Waals surface area contributed by atoms with Crippen molar-refractivity contribution in [2.24, 2.45) is 5.92 Å². The summed E-state index contributed by atoms with van der Waals surface area (Å²) in [5.41, 5.74) is 1.30. The second kappa shape index (κ2) is 7.47. The molecule has 0 fully saturated rings. The fraction of sp³-hybridized carbons (Fsp3) is 0.692. The molecule has 0 aliphatic heterocycles. The second-order valence-electron chi connectivity index (χ2n) is 4.42. The van der Waals surface area contributed by atoms with Crippen LogP contribution in [0, 0.1) is 5.92 Å². The maximum absolute atomic E-state index is 5.69. The minimum absolute atomic E-state index is 0.378. The molecule has 16 heavy (non-hydrogen) atoms. The van der Waals surface area contributed by atoms with Gasteiger partial charge in [0.1, 0.15) is 0 Å². The average molecular weight is 224 g/mol. The highest BCUT2D eigenvalue weighted by molar-refractivity contribution is 5.07. The third-order valence-electron chi connectivity index (χ3n) is 2.72. The lowest BCUT2D eigenvalue weighted by atomic mass is 10.0. The number of hydrogen-bond acceptors (Lipinski definition) is 2. The van der Waals surface area contributed by atoms with E-state index in [2.05, 4.69) is 37.1 Å². The number of aromatic amines is 1. The summed E-state index contributed by atoms with van der Waals surface area (Å²) < 4.78 is 5.69. The maximum atomic E-state index is 5.69. The Morgan fingerprint density at radius 1 is 1.44 bits per heavy atom. The van der Waals surface area contributed by atoms with Crippen LogP contribution in [0.4, 0.5) is 0 Å². The Morgan fingerprint density at radius 2 is 2.25 bits per heavy atom. The van der Waals surface area contributed by atoms with Crippen molar-refractivity contribution in [1.29, 1.82) is 0 Å². The van der Waals surface area contributed by atoms with Crippen molar-refractivity contribution in [1.82, 2.24) is 10.3 Å². The van der Waals surface area contributed by atoms with Gasteiger partial charge in [0.05, 0.1) is 6.10 Å². The third-order valence-corrected chi connectivity index (χ3v) is 2.72. The summed E-state index contributed by atoms with van der Waals surface area (Å²) in [6.45, 7) is 9.23. The van der Waals surface area contributed by atoms with E-state index in [0.717, 1.165) is 26.1 Å². The fourth-order valence-corrected chi connectivity index (χ4v) is 1.77. The number of rotatable bonds is 8. The molecule has 1 aromatic heterocycles. The molecular formula is C13H24N2O. The third kappa shape index (κ3) is 4.81. The van der Waals surface area contributed by atoms with Crippen LogP contribution in [0.1, 0.15) is 32.8 Å². The standard InChI is InChI=1S/C13H24N2O/c1-4-16-13(11(2)3)6-8-15-10-12-5-7-14-9-12/h5,7,9,11,13-15H,4,6,8,10H2,1-3H3. The first-order valence-electron chi connectivity index (χ1n) is 6.18. The molecule has 1 aromatic rings. The Morgan fingerprint density at radius 3 is 2.81 bits per heavy atom. The van der Waals surface area contributed by atoms with E-state index in [1.165, 1.54) is 5.56 Å². The van der Waals surface area contributed by atoms with E-state index < -0.39 is 0 Å². The number of ether oxygens (including phenoxy) is 1. The number of nitrogens with one attached hydrogen (secondary N) is 2. The van der Waals surface area contributed by atoms with E-state index in [1.807, 2.05) is 12.4 Å². The molecule has 0 saturated carbocycles. The molecule has 0 aromatic carbocycles. The summed E-state index contributed by atoms with van der Waals surface area (Å²) in [6, 6.07) is 2.09. The van der Waals surface area contributed by atoms with Gasteiger partial charge in [0.25, 0.3) is 0 Å². The molecule has 0 spiro atoms. The molecule has 0 aliphatic rings. The van der Waals surface area contributed by atoms with Crippen LogP contribution in [-0.4, -0.2) is 24.2 Å². The molecule has 3 heteroatoms. The highest BCUT2D eigenvalue weighted by Crippen LogP contribution is 2.10. The lowest BCUT2D eigenvalue weighted by Crippen LogP contribution is -2.26. The number of aromatic nitrogens is 1. The van der Waals surface area contributed by atoms with Gasteiger partial charge >= 0.3 is 0 Å². The van der Waals surface area contributed by atoms with E-state index in [4.69, 9.17) is 4.74 Å². The second-order valence-corrected chi connectivity index (χ2v) is 4.42. The minimum atomic E-state index is 0.378. The predicted octanol–water partition coefficient (Wildman–Crippen LogP) is 2.56. The molecule has 92 valence electrons. The van der Waals surface area contributed by atoms with Gasteiger partial charge in [0.2, 0.25) is 0 Å². The summed E-state index contributed by atoms with van der Waals surface area (Å²) in [5.74, 6) is 0.592. The van der Waals surface area contributed by atoms with Gasteiger partial charge in [0, 0.05) is 25.5 Å². The zero-order chi connectivity index (χ0) is 11.8. The average Bonchev–Trinajstić information content (AvgIpc) is 2.75. The van der Waals surface area contributed by atoms with Crippen molar-refractivity contribution < 1.29 is 4.74 Å². The van der Waals surface area contributed by atoms with Crippen molar-refractivity contribution in [3.05, 3.63) is 24.0 Å². The van der Waals surface area contributed by atoms with Gasteiger partial charge in [-0.15, -0.1) is 0 Å². The van der Waals surface area contributed by atoms with Crippen LogP contribution in [0.15, 0.2) is 18.5 Å². The maximum Gasteiger partial charge on any atom is 0.0609 e. The molecule has 0 aliphatic carbocycles. The van der Waals surface area contributed by atoms with E-state index in [-0.39, 0.29) is 0 Å². The highest BCUT2D eigenvalue weighted by Gasteiger charge is 2.12. The lowest BCUT2D eigenvalue weighted by Gasteiger charge is -2.20. The van der Waals surface area contributed by atoms with Crippen LogP contribution < -0.4 is 5.32 Å². The number of hydrogen-bond donors (Lipinski definition) is 2. The smallest absolute Gasteiger partial charge is 0.0609 e. The van der Waals surface area contributed by atoms with Crippen molar-refractivity contribution >= 4 is 0 Å². The van der Waals surface area contributed by atoms with Gasteiger partial charge in [-0.25, -0.2) is 0 Å². The van der Waals surface area contributed by atoms with Crippen LogP contribution >= 0.6 is 0 Å². The quantitative estimate of drug-likeness (QED) is 0.666. The number of H-pyrrole nitrogens is 1. The topological polar surface area (TPSA) is 37.0 Å². The Labute approximate surface area is 98.6 Å². The van der Waals surface area contributed by atoms with Gasteiger partial charge in [-0.2, -0.15) is 0 Å². The van der Waals surface area contributed by atoms with E-state index in [1.54, 1.807) is 0 Å². The van der Waals surface area contributed by atoms with Crippen molar-refractivity contribution in [2.45, 2.75) is 39.8 Å². The molecule has 1 unspecified atom stereocenters. The molecule has 0 bridgehead atoms. The lowest BCUT2D eigenvalue weighted by molar-refractivity contribution is 0.0250. The monoisotopic (exact) mass is 224 g/mol. The minimum Gasteiger partial charge on any atom is -0.378 e. The summed E-state index contributed by atoms with van der Waals surface area (Å²) in [6.07, 6.45) is 5.43. The zero-order valence-electron chi connectivity index (χ0n) is 10.6. The van der Waals surface area contributed by atoms with Gasteiger partial charge in [-0.05, 0) is 37.4 Å². The Balaban J connectivity index is 2.13. The first-order chi connectivity index (χ1) is 7.74. The van der Waals surface area contributed by atoms with E-state index >= 15 is 0 Å². The molecule has 0 radical (unpaired) electrons. The first kappa shape index (κ1) is 13.3. The largest absolute Gasteiger partial charge is 0.378 e. The molecule has 3 nitrogen and oxygen atoms in total. The molecule has 2 N–H and O–H groups in total. The Hall–Kier alpha value is -0.800. The fourth-order valence-electron chi connectivity index (χ4n) is 1.77. The van der Waals surface area contributed by atoms with Gasteiger partial charge in [-0.3, -0.25) is 0 Å². The zero-order valence-corrected chi connectivity index (χ0v) is 10.6. The predicted molar refractivity (Wildman–Crippen MR) is 67.4 cm³/mol. The molecule has 1 heterocycles.